The number of hydrogen-bond donors (Lipinski definition) is 4. The Bertz CT molecular complexity index is 817. The van der Waals surface area contributed by atoms with Crippen molar-refractivity contribution in [1.29, 1.82) is 0 Å². The zero-order valence-electron chi connectivity index (χ0n) is 12.2. The molecule has 4 N–H and O–H groups in total. The number of benzene rings is 2. The Morgan fingerprint density at radius 2 is 1.64 bits per heavy atom. The van der Waals surface area contributed by atoms with Gasteiger partial charge >= 0.3 is 0 Å². The third-order valence-corrected chi connectivity index (χ3v) is 3.64. The molecule has 0 radical (unpaired) electrons. The molecule has 0 atom stereocenters. The second-order valence-electron chi connectivity index (χ2n) is 5.08. The van der Waals surface area contributed by atoms with E-state index in [1.54, 1.807) is 0 Å². The maximum Gasteiger partial charge on any atom is 0.0456 e. The van der Waals surface area contributed by atoms with Gasteiger partial charge in [0.25, 0.3) is 0 Å². The van der Waals surface area contributed by atoms with Crippen LogP contribution in [0.2, 0.25) is 0 Å². The van der Waals surface area contributed by atoms with Crippen molar-refractivity contribution in [2.45, 2.75) is 6.42 Å². The summed E-state index contributed by atoms with van der Waals surface area (Å²) < 4.78 is 0. The number of para-hydroxylation sites is 2. The Hall–Kier alpha value is -2.56. The van der Waals surface area contributed by atoms with Crippen LogP contribution in [0.15, 0.2) is 67.0 Å². The summed E-state index contributed by atoms with van der Waals surface area (Å²) in [7, 11) is 0. The maximum atomic E-state index is 8.48. The first-order valence-corrected chi connectivity index (χ1v) is 7.32. The second-order valence-corrected chi connectivity index (χ2v) is 5.08. The highest BCUT2D eigenvalue weighted by Crippen LogP contribution is 2.17. The number of aromatic nitrogens is 2. The van der Waals surface area contributed by atoms with Gasteiger partial charge in [0, 0.05) is 35.4 Å². The van der Waals surface area contributed by atoms with E-state index >= 15 is 0 Å². The topological polar surface area (TPSA) is 63.8 Å². The molecule has 0 aliphatic carbocycles. The van der Waals surface area contributed by atoms with Gasteiger partial charge in [0.05, 0.1) is 0 Å². The lowest BCUT2D eigenvalue weighted by molar-refractivity contribution is 0.168. The molecular weight excluding hydrogens is 274 g/mol. The molecule has 0 aliphatic rings. The number of H-pyrrole nitrogens is 2. The molecule has 4 rings (SSSR count). The maximum absolute atomic E-state index is 8.48. The lowest BCUT2D eigenvalue weighted by Gasteiger charge is -1.96. The van der Waals surface area contributed by atoms with E-state index in [0.717, 1.165) is 11.9 Å². The molecule has 2 aromatic heterocycles. The predicted molar refractivity (Wildman–Crippen MR) is 90.1 cm³/mol. The summed E-state index contributed by atoms with van der Waals surface area (Å²) in [6.45, 7) is 0.585. The van der Waals surface area contributed by atoms with E-state index in [-0.39, 0.29) is 0 Å². The Labute approximate surface area is 128 Å². The van der Waals surface area contributed by atoms with Crippen LogP contribution in [0, 0.1) is 0 Å². The largest absolute Gasteiger partial charge is 0.361 e. The molecule has 0 unspecified atom stereocenters. The molecule has 22 heavy (non-hydrogen) atoms. The van der Waals surface area contributed by atoms with E-state index in [1.807, 2.05) is 42.7 Å². The van der Waals surface area contributed by atoms with Crippen molar-refractivity contribution in [2.75, 3.05) is 6.54 Å². The summed E-state index contributed by atoms with van der Waals surface area (Å²) in [5.74, 6) is 0. The highest BCUT2D eigenvalue weighted by Gasteiger charge is 2.00. The summed E-state index contributed by atoms with van der Waals surface area (Å²) >= 11 is 0. The first-order chi connectivity index (χ1) is 10.9. The van der Waals surface area contributed by atoms with Crippen LogP contribution in [0.5, 0.6) is 0 Å². The van der Waals surface area contributed by atoms with Crippen LogP contribution in [-0.4, -0.2) is 21.7 Å². The summed E-state index contributed by atoms with van der Waals surface area (Å²) in [4.78, 5) is 6.31. The zero-order chi connectivity index (χ0) is 15.2. The third-order valence-electron chi connectivity index (χ3n) is 3.64. The van der Waals surface area contributed by atoms with Gasteiger partial charge in [0.15, 0.2) is 0 Å². The quantitative estimate of drug-likeness (QED) is 0.433. The van der Waals surface area contributed by atoms with Crippen molar-refractivity contribution in [3.8, 4) is 0 Å². The Kier molecular flexibility index (Phi) is 4.53. The van der Waals surface area contributed by atoms with E-state index < -0.39 is 0 Å². The fraction of sp³-hybridized carbons (Fsp3) is 0.111. The third kappa shape index (κ3) is 3.19. The Morgan fingerprint density at radius 1 is 0.864 bits per heavy atom. The Morgan fingerprint density at radius 3 is 2.45 bits per heavy atom. The van der Waals surface area contributed by atoms with Crippen LogP contribution in [0.4, 0.5) is 0 Å². The molecular formula is C18H19N3O. The molecule has 2 aromatic carbocycles. The van der Waals surface area contributed by atoms with E-state index in [1.165, 1.54) is 21.9 Å². The number of nitrogens with one attached hydrogen (secondary N) is 3. The van der Waals surface area contributed by atoms with Crippen molar-refractivity contribution < 1.29 is 5.21 Å². The minimum absolute atomic E-state index is 0.585. The zero-order valence-corrected chi connectivity index (χ0v) is 12.2. The molecule has 112 valence electrons. The van der Waals surface area contributed by atoms with Crippen LogP contribution in [0.3, 0.4) is 0 Å². The van der Waals surface area contributed by atoms with Gasteiger partial charge < -0.3 is 15.2 Å². The van der Waals surface area contributed by atoms with Gasteiger partial charge in [-0.3, -0.25) is 0 Å². The van der Waals surface area contributed by atoms with E-state index in [9.17, 15) is 0 Å². The molecule has 4 nitrogen and oxygen atoms in total. The standard InChI is InChI=1S/C10H12N2O.C8H7N/c13-12-6-5-8-7-11-10-4-2-1-3-9(8)10;1-2-4-8-7(3-1)5-6-9-8/h1-4,7,11-13H,5-6H2;1-6,9H. The average molecular weight is 293 g/mol. The average Bonchev–Trinajstić information content (AvgIpc) is 3.20. The van der Waals surface area contributed by atoms with Gasteiger partial charge in [-0.1, -0.05) is 36.4 Å². The number of hydrogen-bond acceptors (Lipinski definition) is 2. The van der Waals surface area contributed by atoms with Crippen LogP contribution in [0.25, 0.3) is 21.8 Å². The molecule has 4 aromatic rings. The molecule has 4 heteroatoms. The van der Waals surface area contributed by atoms with Crippen molar-refractivity contribution in [1.82, 2.24) is 15.4 Å². The van der Waals surface area contributed by atoms with Crippen LogP contribution < -0.4 is 5.48 Å². The first-order valence-electron chi connectivity index (χ1n) is 7.32. The molecule has 2 heterocycles. The number of aromatic amines is 2. The predicted octanol–water partition coefficient (Wildman–Crippen LogP) is 3.86. The summed E-state index contributed by atoms with van der Waals surface area (Å²) in [6.07, 6.45) is 4.77. The highest BCUT2D eigenvalue weighted by atomic mass is 16.5. The summed E-state index contributed by atoms with van der Waals surface area (Å²) in [5.41, 5.74) is 5.74. The van der Waals surface area contributed by atoms with Gasteiger partial charge in [0.2, 0.25) is 0 Å². The molecule has 0 saturated carbocycles. The number of hydroxylamine groups is 1. The van der Waals surface area contributed by atoms with Crippen molar-refractivity contribution in [3.05, 3.63) is 72.6 Å². The normalized spacial score (nSPS) is 10.6. The van der Waals surface area contributed by atoms with Crippen molar-refractivity contribution in [3.63, 3.8) is 0 Å². The van der Waals surface area contributed by atoms with Crippen LogP contribution >= 0.6 is 0 Å². The minimum Gasteiger partial charge on any atom is -0.361 e. The fourth-order valence-corrected chi connectivity index (χ4v) is 2.52. The molecule has 0 amide bonds. The van der Waals surface area contributed by atoms with E-state index in [2.05, 4.69) is 39.7 Å². The molecule has 0 fully saturated rings. The Balaban J connectivity index is 0.000000139. The van der Waals surface area contributed by atoms with Crippen LogP contribution in [-0.2, 0) is 6.42 Å². The van der Waals surface area contributed by atoms with Crippen molar-refractivity contribution in [2.24, 2.45) is 0 Å². The SMILES string of the molecule is ONCCc1c[nH]c2ccccc12.c1ccc2[nH]ccc2c1. The lowest BCUT2D eigenvalue weighted by atomic mass is 10.1. The smallest absolute Gasteiger partial charge is 0.0456 e. The minimum atomic E-state index is 0.585. The van der Waals surface area contributed by atoms with Gasteiger partial charge in [-0.15, -0.1) is 0 Å². The number of rotatable bonds is 3. The van der Waals surface area contributed by atoms with Gasteiger partial charge in [0.1, 0.15) is 0 Å². The summed E-state index contributed by atoms with van der Waals surface area (Å²) in [5, 5.41) is 11.0. The monoisotopic (exact) mass is 293 g/mol. The van der Waals surface area contributed by atoms with Gasteiger partial charge in [-0.2, -0.15) is 0 Å². The van der Waals surface area contributed by atoms with Crippen molar-refractivity contribution >= 4 is 21.8 Å². The summed E-state index contributed by atoms with van der Waals surface area (Å²) in [6, 6.07) is 18.4. The number of fused-ring (bicyclic) bond motifs is 2. The van der Waals surface area contributed by atoms with Gasteiger partial charge in [-0.05, 0) is 35.6 Å². The fourth-order valence-electron chi connectivity index (χ4n) is 2.52. The molecule has 0 aliphatic heterocycles. The van der Waals surface area contributed by atoms with E-state index in [4.69, 9.17) is 5.21 Å². The molecule has 0 spiro atoms. The van der Waals surface area contributed by atoms with E-state index in [0.29, 0.717) is 6.54 Å². The first kappa shape index (κ1) is 14.4. The lowest BCUT2D eigenvalue weighted by Crippen LogP contribution is -2.10. The highest BCUT2D eigenvalue weighted by molar-refractivity contribution is 5.83. The molecule has 0 bridgehead atoms. The molecule has 0 saturated heterocycles. The van der Waals surface area contributed by atoms with Crippen LogP contribution in [0.1, 0.15) is 5.56 Å². The van der Waals surface area contributed by atoms with Gasteiger partial charge in [-0.25, -0.2) is 5.48 Å². The second kappa shape index (κ2) is 6.93.